The van der Waals surface area contributed by atoms with Crippen LogP contribution in [0.25, 0.3) is 0 Å². The van der Waals surface area contributed by atoms with Gasteiger partial charge in [-0.15, -0.1) is 0 Å². The second-order valence-corrected chi connectivity index (χ2v) is 6.67. The summed E-state index contributed by atoms with van der Waals surface area (Å²) in [4.78, 5) is 12.4. The summed E-state index contributed by atoms with van der Waals surface area (Å²) >= 11 is 0. The minimum atomic E-state index is -0.383. The fraction of sp³-hybridized carbons (Fsp3) is 0.273. The Labute approximate surface area is 164 Å². The highest BCUT2D eigenvalue weighted by Crippen LogP contribution is 2.15. The number of rotatable bonds is 8. The van der Waals surface area contributed by atoms with E-state index >= 15 is 0 Å². The molecular formula is C22H24FN3O2. The van der Waals surface area contributed by atoms with E-state index in [2.05, 4.69) is 10.4 Å². The Balaban J connectivity index is 1.48. The topological polar surface area (TPSA) is 56.2 Å². The fourth-order valence-corrected chi connectivity index (χ4v) is 2.94. The van der Waals surface area contributed by atoms with Crippen LogP contribution in [-0.4, -0.2) is 28.8 Å². The molecule has 0 aliphatic rings. The van der Waals surface area contributed by atoms with Gasteiger partial charge in [0.2, 0.25) is 0 Å². The van der Waals surface area contributed by atoms with Crippen molar-refractivity contribution in [1.82, 2.24) is 15.1 Å². The van der Waals surface area contributed by atoms with E-state index in [4.69, 9.17) is 4.74 Å². The van der Waals surface area contributed by atoms with Gasteiger partial charge in [0.05, 0.1) is 18.8 Å². The summed E-state index contributed by atoms with van der Waals surface area (Å²) in [5, 5.41) is 7.33. The Kier molecular flexibility index (Phi) is 6.42. The number of carbonyl (C=O) groups excluding carboxylic acids is 1. The maximum atomic E-state index is 13.5. The molecule has 0 aliphatic carbocycles. The van der Waals surface area contributed by atoms with Crippen LogP contribution in [0, 0.1) is 19.7 Å². The highest BCUT2D eigenvalue weighted by Gasteiger charge is 2.08. The third-order valence-corrected chi connectivity index (χ3v) is 4.33. The van der Waals surface area contributed by atoms with E-state index in [9.17, 15) is 9.18 Å². The molecule has 1 aromatic heterocycles. The van der Waals surface area contributed by atoms with Gasteiger partial charge in [0, 0.05) is 17.8 Å². The monoisotopic (exact) mass is 381 g/mol. The molecule has 0 bridgehead atoms. The second-order valence-electron chi connectivity index (χ2n) is 6.67. The molecule has 6 heteroatoms. The molecular weight excluding hydrogens is 357 g/mol. The van der Waals surface area contributed by atoms with Crippen LogP contribution in [0.3, 0.4) is 0 Å². The van der Waals surface area contributed by atoms with Crippen molar-refractivity contribution in [2.75, 3.05) is 13.2 Å². The molecule has 0 spiro atoms. The van der Waals surface area contributed by atoms with Crippen molar-refractivity contribution in [2.24, 2.45) is 0 Å². The normalized spacial score (nSPS) is 10.7. The van der Waals surface area contributed by atoms with Gasteiger partial charge in [-0.25, -0.2) is 4.39 Å². The first kappa shape index (κ1) is 19.6. The molecule has 0 atom stereocenters. The van der Waals surface area contributed by atoms with Crippen molar-refractivity contribution >= 4 is 5.91 Å². The zero-order chi connectivity index (χ0) is 19.9. The summed E-state index contributed by atoms with van der Waals surface area (Å²) < 4.78 is 20.8. The SMILES string of the molecule is Cc1cc(C)n(Cc2cccc(C(=O)NCCCOc3ccccc3F)c2)n1. The van der Waals surface area contributed by atoms with Crippen molar-refractivity contribution in [2.45, 2.75) is 26.8 Å². The summed E-state index contributed by atoms with van der Waals surface area (Å²) in [7, 11) is 0. The van der Waals surface area contributed by atoms with Crippen LogP contribution in [0.4, 0.5) is 4.39 Å². The molecule has 0 saturated heterocycles. The minimum Gasteiger partial charge on any atom is -0.490 e. The molecule has 0 unspecified atom stereocenters. The largest absolute Gasteiger partial charge is 0.490 e. The van der Waals surface area contributed by atoms with E-state index in [1.807, 2.05) is 42.8 Å². The van der Waals surface area contributed by atoms with E-state index in [0.29, 0.717) is 31.7 Å². The summed E-state index contributed by atoms with van der Waals surface area (Å²) in [6, 6.07) is 15.8. The number of nitrogens with zero attached hydrogens (tertiary/aromatic N) is 2. The van der Waals surface area contributed by atoms with E-state index < -0.39 is 0 Å². The quantitative estimate of drug-likeness (QED) is 0.603. The van der Waals surface area contributed by atoms with Crippen molar-refractivity contribution in [3.63, 3.8) is 0 Å². The number of aryl methyl sites for hydroxylation is 2. The lowest BCUT2D eigenvalue weighted by molar-refractivity contribution is 0.0951. The molecule has 5 nitrogen and oxygen atoms in total. The standard InChI is InChI=1S/C22H24FN3O2/c1-16-13-17(2)26(25-16)15-18-7-5-8-19(14-18)22(27)24-11-6-12-28-21-10-4-3-9-20(21)23/h3-5,7-10,13-14H,6,11-12,15H2,1-2H3,(H,24,27). The number of para-hydroxylation sites is 1. The number of halogens is 1. The third-order valence-electron chi connectivity index (χ3n) is 4.33. The average Bonchev–Trinajstić information content (AvgIpc) is 2.99. The number of aromatic nitrogens is 2. The van der Waals surface area contributed by atoms with Crippen LogP contribution in [0.1, 0.15) is 33.7 Å². The van der Waals surface area contributed by atoms with Crippen LogP contribution in [0.2, 0.25) is 0 Å². The molecule has 1 heterocycles. The van der Waals surface area contributed by atoms with Gasteiger partial charge in [0.25, 0.3) is 5.91 Å². The summed E-state index contributed by atoms with van der Waals surface area (Å²) in [6.07, 6.45) is 0.589. The minimum absolute atomic E-state index is 0.138. The van der Waals surface area contributed by atoms with Crippen molar-refractivity contribution in [1.29, 1.82) is 0 Å². The van der Waals surface area contributed by atoms with Gasteiger partial charge in [-0.1, -0.05) is 24.3 Å². The number of hydrogen-bond donors (Lipinski definition) is 1. The zero-order valence-corrected chi connectivity index (χ0v) is 16.1. The van der Waals surface area contributed by atoms with E-state index in [-0.39, 0.29) is 17.5 Å². The Bertz CT molecular complexity index is 952. The molecule has 1 amide bonds. The van der Waals surface area contributed by atoms with Crippen LogP contribution >= 0.6 is 0 Å². The Morgan fingerprint density at radius 1 is 1.14 bits per heavy atom. The molecule has 3 aromatic rings. The van der Waals surface area contributed by atoms with Gasteiger partial charge in [0.1, 0.15) is 0 Å². The lowest BCUT2D eigenvalue weighted by Gasteiger charge is -2.09. The molecule has 0 fully saturated rings. The lowest BCUT2D eigenvalue weighted by atomic mass is 10.1. The van der Waals surface area contributed by atoms with Gasteiger partial charge in [-0.2, -0.15) is 5.10 Å². The fourth-order valence-electron chi connectivity index (χ4n) is 2.94. The molecule has 0 saturated carbocycles. The lowest BCUT2D eigenvalue weighted by Crippen LogP contribution is -2.25. The smallest absolute Gasteiger partial charge is 0.251 e. The molecule has 2 aromatic carbocycles. The third kappa shape index (κ3) is 5.19. The number of amides is 1. The highest BCUT2D eigenvalue weighted by molar-refractivity contribution is 5.94. The highest BCUT2D eigenvalue weighted by atomic mass is 19.1. The van der Waals surface area contributed by atoms with Gasteiger partial charge in [-0.05, 0) is 56.2 Å². The predicted octanol–water partition coefficient (Wildman–Crippen LogP) is 3.89. The van der Waals surface area contributed by atoms with Crippen molar-refractivity contribution < 1.29 is 13.9 Å². The van der Waals surface area contributed by atoms with Crippen LogP contribution in [0.5, 0.6) is 5.75 Å². The molecule has 146 valence electrons. The van der Waals surface area contributed by atoms with Gasteiger partial charge < -0.3 is 10.1 Å². The van der Waals surface area contributed by atoms with Crippen LogP contribution in [0.15, 0.2) is 54.6 Å². The summed E-state index contributed by atoms with van der Waals surface area (Å²) in [5.41, 5.74) is 3.68. The zero-order valence-electron chi connectivity index (χ0n) is 16.1. The first-order valence-corrected chi connectivity index (χ1v) is 9.28. The first-order valence-electron chi connectivity index (χ1n) is 9.28. The van der Waals surface area contributed by atoms with E-state index in [0.717, 1.165) is 17.0 Å². The maximum Gasteiger partial charge on any atom is 0.251 e. The molecule has 3 rings (SSSR count). The van der Waals surface area contributed by atoms with Crippen molar-refractivity contribution in [3.05, 3.63) is 82.9 Å². The summed E-state index contributed by atoms with van der Waals surface area (Å²) in [5.74, 6) is -0.294. The Hall–Kier alpha value is -3.15. The average molecular weight is 381 g/mol. The molecule has 0 aliphatic heterocycles. The van der Waals surface area contributed by atoms with Gasteiger partial charge in [0.15, 0.2) is 11.6 Å². The number of carbonyl (C=O) groups is 1. The summed E-state index contributed by atoms with van der Waals surface area (Å²) in [6.45, 7) is 5.38. The maximum absolute atomic E-state index is 13.5. The molecule has 0 radical (unpaired) electrons. The number of hydrogen-bond acceptors (Lipinski definition) is 3. The van der Waals surface area contributed by atoms with Crippen LogP contribution in [-0.2, 0) is 6.54 Å². The van der Waals surface area contributed by atoms with Gasteiger partial charge in [-0.3, -0.25) is 9.48 Å². The first-order chi connectivity index (χ1) is 13.5. The Morgan fingerprint density at radius 3 is 2.71 bits per heavy atom. The van der Waals surface area contributed by atoms with E-state index in [1.165, 1.54) is 6.07 Å². The number of ether oxygens (including phenoxy) is 1. The van der Waals surface area contributed by atoms with Crippen molar-refractivity contribution in [3.8, 4) is 5.75 Å². The Morgan fingerprint density at radius 2 is 1.96 bits per heavy atom. The van der Waals surface area contributed by atoms with Crippen LogP contribution < -0.4 is 10.1 Å². The second kappa shape index (κ2) is 9.17. The van der Waals surface area contributed by atoms with E-state index in [1.54, 1.807) is 24.3 Å². The molecule has 28 heavy (non-hydrogen) atoms. The molecule has 1 N–H and O–H groups in total. The van der Waals surface area contributed by atoms with Gasteiger partial charge >= 0.3 is 0 Å². The predicted molar refractivity (Wildman–Crippen MR) is 106 cm³/mol. The number of benzene rings is 2. The number of nitrogens with one attached hydrogen (secondary N) is 1.